The molecule has 0 amide bonds. The molecule has 1 heterocycles. The van der Waals surface area contributed by atoms with Gasteiger partial charge >= 0.3 is 6.18 Å². The fraction of sp³-hybridized carbons (Fsp3) is 0.571. The lowest BCUT2D eigenvalue weighted by atomic mass is 9.98. The van der Waals surface area contributed by atoms with Gasteiger partial charge in [-0.2, -0.15) is 13.2 Å². The Morgan fingerprint density at radius 1 is 1.14 bits per heavy atom. The summed E-state index contributed by atoms with van der Waals surface area (Å²) in [5.74, 6) is -1.30. The Bertz CT molecular complexity index is 475. The van der Waals surface area contributed by atoms with E-state index >= 15 is 0 Å². The van der Waals surface area contributed by atoms with Crippen molar-refractivity contribution >= 4 is 12.4 Å². The van der Waals surface area contributed by atoms with Gasteiger partial charge in [0.25, 0.3) is 0 Å². The molecule has 0 radical (unpaired) electrons. The van der Waals surface area contributed by atoms with Gasteiger partial charge in [-0.3, -0.25) is 4.90 Å². The molecule has 1 aliphatic rings. The van der Waals surface area contributed by atoms with E-state index in [9.17, 15) is 22.0 Å². The van der Waals surface area contributed by atoms with Crippen LogP contribution < -0.4 is 5.32 Å². The molecule has 2 rings (SSSR count). The molecule has 1 saturated heterocycles. The van der Waals surface area contributed by atoms with Gasteiger partial charge in [0.1, 0.15) is 11.6 Å². The first-order valence-electron chi connectivity index (χ1n) is 6.83. The Hall–Kier alpha value is -0.920. The topological polar surface area (TPSA) is 15.3 Å². The van der Waals surface area contributed by atoms with Crippen LogP contribution in [0.5, 0.6) is 0 Å². The molecule has 1 fully saturated rings. The Morgan fingerprint density at radius 2 is 1.77 bits per heavy atom. The highest BCUT2D eigenvalue weighted by atomic mass is 35.5. The summed E-state index contributed by atoms with van der Waals surface area (Å²) >= 11 is 0. The molecule has 0 spiro atoms. The number of hydrogen-bond acceptors (Lipinski definition) is 2. The average molecular weight is 345 g/mol. The van der Waals surface area contributed by atoms with E-state index < -0.39 is 30.3 Å². The van der Waals surface area contributed by atoms with E-state index in [1.807, 2.05) is 0 Å². The van der Waals surface area contributed by atoms with Gasteiger partial charge in [-0.25, -0.2) is 8.78 Å². The van der Waals surface area contributed by atoms with Gasteiger partial charge in [0.2, 0.25) is 0 Å². The quantitative estimate of drug-likeness (QED) is 0.838. The molecule has 2 nitrogen and oxygen atoms in total. The molecular weight excluding hydrogens is 327 g/mol. The van der Waals surface area contributed by atoms with Crippen LogP contribution in [0, 0.1) is 11.6 Å². The summed E-state index contributed by atoms with van der Waals surface area (Å²) in [5, 5.41) is 3.09. The van der Waals surface area contributed by atoms with Gasteiger partial charge in [0, 0.05) is 44.2 Å². The number of rotatable bonds is 4. The second-order valence-corrected chi connectivity index (χ2v) is 5.12. The van der Waals surface area contributed by atoms with Gasteiger partial charge in [-0.15, -0.1) is 12.4 Å². The first-order chi connectivity index (χ1) is 9.87. The van der Waals surface area contributed by atoms with Crippen molar-refractivity contribution < 1.29 is 22.0 Å². The second-order valence-electron chi connectivity index (χ2n) is 5.12. The van der Waals surface area contributed by atoms with Crippen molar-refractivity contribution in [3.8, 4) is 0 Å². The molecular formula is C14H18ClF5N2. The number of halogens is 6. The minimum atomic E-state index is -4.31. The third kappa shape index (κ3) is 5.37. The van der Waals surface area contributed by atoms with Gasteiger partial charge in [0.15, 0.2) is 0 Å². The minimum absolute atomic E-state index is 0. The normalized spacial score (nSPS) is 17.9. The Balaban J connectivity index is 0.00000242. The monoisotopic (exact) mass is 344 g/mol. The summed E-state index contributed by atoms with van der Waals surface area (Å²) in [7, 11) is 0. The van der Waals surface area contributed by atoms with Gasteiger partial charge in [-0.1, -0.05) is 0 Å². The molecule has 1 aromatic rings. The molecule has 1 atom stereocenters. The maximum Gasteiger partial charge on any atom is 0.389 e. The van der Waals surface area contributed by atoms with Crippen molar-refractivity contribution in [2.45, 2.75) is 25.1 Å². The zero-order valence-electron chi connectivity index (χ0n) is 11.8. The zero-order chi connectivity index (χ0) is 15.5. The molecule has 1 aromatic carbocycles. The van der Waals surface area contributed by atoms with Crippen LogP contribution in [-0.4, -0.2) is 37.3 Å². The van der Waals surface area contributed by atoms with Crippen molar-refractivity contribution in [3.05, 3.63) is 35.4 Å². The third-order valence-corrected chi connectivity index (χ3v) is 3.61. The first kappa shape index (κ1) is 19.1. The Morgan fingerprint density at radius 3 is 2.36 bits per heavy atom. The minimum Gasteiger partial charge on any atom is -0.314 e. The van der Waals surface area contributed by atoms with E-state index in [0.29, 0.717) is 26.2 Å². The van der Waals surface area contributed by atoms with Gasteiger partial charge < -0.3 is 5.32 Å². The zero-order valence-corrected chi connectivity index (χ0v) is 12.6. The van der Waals surface area contributed by atoms with E-state index in [1.165, 1.54) is 0 Å². The van der Waals surface area contributed by atoms with Gasteiger partial charge in [-0.05, 0) is 24.6 Å². The van der Waals surface area contributed by atoms with E-state index in [2.05, 4.69) is 5.32 Å². The summed E-state index contributed by atoms with van der Waals surface area (Å²) in [4.78, 5) is 1.78. The van der Waals surface area contributed by atoms with E-state index in [0.717, 1.165) is 18.2 Å². The predicted molar refractivity (Wildman–Crippen MR) is 76.1 cm³/mol. The van der Waals surface area contributed by atoms with Crippen molar-refractivity contribution in [2.24, 2.45) is 0 Å². The lowest BCUT2D eigenvalue weighted by Crippen LogP contribution is -2.45. The summed E-state index contributed by atoms with van der Waals surface area (Å²) in [6, 6.07) is 2.17. The molecule has 126 valence electrons. The fourth-order valence-electron chi connectivity index (χ4n) is 2.60. The van der Waals surface area contributed by atoms with Crippen LogP contribution in [-0.2, 0) is 0 Å². The molecule has 0 aliphatic carbocycles. The van der Waals surface area contributed by atoms with Crippen LogP contribution in [0.3, 0.4) is 0 Å². The lowest BCUT2D eigenvalue weighted by Gasteiger charge is -2.35. The summed E-state index contributed by atoms with van der Waals surface area (Å²) in [6.07, 6.45) is -5.60. The van der Waals surface area contributed by atoms with Crippen LogP contribution >= 0.6 is 12.4 Å². The highest BCUT2D eigenvalue weighted by Crippen LogP contribution is 2.33. The van der Waals surface area contributed by atoms with Crippen LogP contribution in [0.2, 0.25) is 0 Å². The van der Waals surface area contributed by atoms with E-state index in [1.54, 1.807) is 4.90 Å². The van der Waals surface area contributed by atoms with Crippen molar-refractivity contribution in [1.29, 1.82) is 0 Å². The highest BCUT2D eigenvalue weighted by Gasteiger charge is 2.32. The molecule has 1 aliphatic heterocycles. The molecule has 0 aromatic heterocycles. The van der Waals surface area contributed by atoms with Crippen molar-refractivity contribution in [3.63, 3.8) is 0 Å². The molecule has 0 saturated carbocycles. The summed E-state index contributed by atoms with van der Waals surface area (Å²) in [6.45, 7) is 2.27. The summed E-state index contributed by atoms with van der Waals surface area (Å²) < 4.78 is 64.7. The lowest BCUT2D eigenvalue weighted by molar-refractivity contribution is -0.138. The van der Waals surface area contributed by atoms with Crippen LogP contribution in [0.15, 0.2) is 18.2 Å². The molecule has 0 bridgehead atoms. The Kier molecular flexibility index (Phi) is 7.02. The fourth-order valence-corrected chi connectivity index (χ4v) is 2.60. The number of hydrogen-bond donors (Lipinski definition) is 1. The summed E-state index contributed by atoms with van der Waals surface area (Å²) in [5.41, 5.74) is 0.00106. The Labute approximate surface area is 132 Å². The van der Waals surface area contributed by atoms with Crippen molar-refractivity contribution in [1.82, 2.24) is 10.2 Å². The van der Waals surface area contributed by atoms with Crippen LogP contribution in [0.25, 0.3) is 0 Å². The number of nitrogens with one attached hydrogen (secondary N) is 1. The predicted octanol–water partition coefficient (Wildman–Crippen LogP) is 3.68. The number of benzene rings is 1. The second kappa shape index (κ2) is 8.08. The van der Waals surface area contributed by atoms with E-state index in [-0.39, 0.29) is 24.4 Å². The maximum atomic E-state index is 13.9. The SMILES string of the molecule is Cl.Fc1ccc(F)c([C@H](CCC(F)(F)F)N2CCNCC2)c1. The molecule has 1 N–H and O–H groups in total. The highest BCUT2D eigenvalue weighted by molar-refractivity contribution is 5.85. The average Bonchev–Trinajstić information content (AvgIpc) is 2.43. The van der Waals surface area contributed by atoms with Crippen LogP contribution in [0.4, 0.5) is 22.0 Å². The largest absolute Gasteiger partial charge is 0.389 e. The number of alkyl halides is 3. The molecule has 0 unspecified atom stereocenters. The van der Waals surface area contributed by atoms with E-state index in [4.69, 9.17) is 0 Å². The smallest absolute Gasteiger partial charge is 0.314 e. The number of piperazine rings is 1. The maximum absolute atomic E-state index is 13.9. The first-order valence-corrected chi connectivity index (χ1v) is 6.83. The number of nitrogens with zero attached hydrogens (tertiary/aromatic N) is 1. The molecule has 22 heavy (non-hydrogen) atoms. The van der Waals surface area contributed by atoms with Crippen molar-refractivity contribution in [2.75, 3.05) is 26.2 Å². The third-order valence-electron chi connectivity index (χ3n) is 3.61. The standard InChI is InChI=1S/C14H17F5N2.ClH/c15-10-1-2-12(16)11(9-10)13(3-4-14(17,18)19)21-7-5-20-6-8-21;/h1-2,9,13,20H,3-8H2;1H/t13-;/m0./s1. The molecule has 8 heteroatoms. The van der Waals surface area contributed by atoms with Gasteiger partial charge in [0.05, 0.1) is 0 Å². The van der Waals surface area contributed by atoms with Crippen LogP contribution in [0.1, 0.15) is 24.4 Å².